The van der Waals surface area contributed by atoms with Crippen LogP contribution in [-0.2, 0) is 6.42 Å². The zero-order valence-electron chi connectivity index (χ0n) is 14.4. The number of hydrogen-bond acceptors (Lipinski definition) is 5. The van der Waals surface area contributed by atoms with Gasteiger partial charge in [0.15, 0.2) is 5.13 Å². The van der Waals surface area contributed by atoms with Crippen molar-refractivity contribution in [2.75, 3.05) is 5.32 Å². The zero-order valence-corrected chi connectivity index (χ0v) is 16.1. The molecule has 0 radical (unpaired) electrons. The molecule has 2 aromatic carbocycles. The molecule has 0 aliphatic rings. The Morgan fingerprint density at radius 3 is 2.65 bits per heavy atom. The molecule has 0 spiro atoms. The summed E-state index contributed by atoms with van der Waals surface area (Å²) < 4.78 is 1.09. The molecule has 0 aliphatic heterocycles. The summed E-state index contributed by atoms with van der Waals surface area (Å²) in [4.78, 5) is 22.4. The summed E-state index contributed by atoms with van der Waals surface area (Å²) >= 11 is 2.91. The number of nitrogens with one attached hydrogen (secondary N) is 1. The Bertz CT molecular complexity index is 1080. The molecule has 0 saturated heterocycles. The molecular weight excluding hydrogens is 362 g/mol. The van der Waals surface area contributed by atoms with Crippen LogP contribution in [0.25, 0.3) is 20.8 Å². The van der Waals surface area contributed by atoms with Gasteiger partial charge in [-0.3, -0.25) is 10.1 Å². The summed E-state index contributed by atoms with van der Waals surface area (Å²) in [7, 11) is 0. The number of hydrogen-bond donors (Lipinski definition) is 1. The van der Waals surface area contributed by atoms with Crippen LogP contribution in [-0.4, -0.2) is 15.9 Å². The quantitative estimate of drug-likeness (QED) is 0.506. The predicted octanol–water partition coefficient (Wildman–Crippen LogP) is 5.54. The largest absolute Gasteiger partial charge is 0.297 e. The molecule has 0 unspecified atom stereocenters. The average Bonchev–Trinajstić information content (AvgIpc) is 3.24. The SMILES string of the molecule is CCc1ccc2nc(NC(=O)c3sc(-c4ccccc4)nc3C)sc2c1. The van der Waals surface area contributed by atoms with Crippen molar-refractivity contribution in [3.8, 4) is 10.6 Å². The summed E-state index contributed by atoms with van der Waals surface area (Å²) in [6.45, 7) is 3.99. The monoisotopic (exact) mass is 379 g/mol. The highest BCUT2D eigenvalue weighted by Gasteiger charge is 2.17. The molecule has 0 aliphatic carbocycles. The summed E-state index contributed by atoms with van der Waals surface area (Å²) in [5.41, 5.74) is 3.94. The molecule has 0 bridgehead atoms. The van der Waals surface area contributed by atoms with Crippen molar-refractivity contribution in [3.63, 3.8) is 0 Å². The maximum Gasteiger partial charge on any atom is 0.269 e. The van der Waals surface area contributed by atoms with Crippen molar-refractivity contribution in [2.45, 2.75) is 20.3 Å². The normalized spacial score (nSPS) is 11.0. The van der Waals surface area contributed by atoms with Gasteiger partial charge in [0.2, 0.25) is 0 Å². The fourth-order valence-corrected chi connectivity index (χ4v) is 4.60. The van der Waals surface area contributed by atoms with E-state index in [2.05, 4.69) is 34.3 Å². The smallest absolute Gasteiger partial charge is 0.269 e. The molecule has 2 heterocycles. The van der Waals surface area contributed by atoms with E-state index < -0.39 is 0 Å². The van der Waals surface area contributed by atoms with Gasteiger partial charge in [0.25, 0.3) is 5.91 Å². The van der Waals surface area contributed by atoms with Gasteiger partial charge < -0.3 is 0 Å². The zero-order chi connectivity index (χ0) is 18.1. The summed E-state index contributed by atoms with van der Waals surface area (Å²) in [6.07, 6.45) is 0.984. The minimum Gasteiger partial charge on any atom is -0.297 e. The van der Waals surface area contributed by atoms with Crippen LogP contribution < -0.4 is 5.32 Å². The lowest BCUT2D eigenvalue weighted by atomic mass is 10.2. The van der Waals surface area contributed by atoms with Crippen LogP contribution in [0, 0.1) is 6.92 Å². The first kappa shape index (κ1) is 16.9. The van der Waals surface area contributed by atoms with Crippen LogP contribution >= 0.6 is 22.7 Å². The minimum atomic E-state index is -0.156. The van der Waals surface area contributed by atoms with Gasteiger partial charge in [-0.15, -0.1) is 11.3 Å². The Morgan fingerprint density at radius 2 is 1.88 bits per heavy atom. The van der Waals surface area contributed by atoms with Gasteiger partial charge in [0.1, 0.15) is 9.88 Å². The van der Waals surface area contributed by atoms with Crippen molar-refractivity contribution in [1.82, 2.24) is 9.97 Å². The lowest BCUT2D eigenvalue weighted by Crippen LogP contribution is -2.11. The highest BCUT2D eigenvalue weighted by molar-refractivity contribution is 7.22. The Balaban J connectivity index is 1.59. The summed E-state index contributed by atoms with van der Waals surface area (Å²) in [5.74, 6) is -0.156. The van der Waals surface area contributed by atoms with Crippen LogP contribution in [0.3, 0.4) is 0 Å². The number of anilines is 1. The van der Waals surface area contributed by atoms with E-state index in [-0.39, 0.29) is 5.91 Å². The highest BCUT2D eigenvalue weighted by Crippen LogP contribution is 2.30. The van der Waals surface area contributed by atoms with Gasteiger partial charge in [-0.25, -0.2) is 9.97 Å². The third kappa shape index (κ3) is 3.25. The average molecular weight is 380 g/mol. The van der Waals surface area contributed by atoms with Gasteiger partial charge in [0.05, 0.1) is 15.9 Å². The molecule has 4 nitrogen and oxygen atoms in total. The maximum atomic E-state index is 12.7. The number of thiazole rings is 2. The second-order valence-electron chi connectivity index (χ2n) is 5.93. The van der Waals surface area contributed by atoms with Crippen LogP contribution in [0.15, 0.2) is 48.5 Å². The van der Waals surface area contributed by atoms with E-state index in [1.807, 2.05) is 43.3 Å². The van der Waals surface area contributed by atoms with Gasteiger partial charge in [-0.1, -0.05) is 54.7 Å². The molecule has 1 N–H and O–H groups in total. The van der Waals surface area contributed by atoms with E-state index in [1.54, 1.807) is 0 Å². The summed E-state index contributed by atoms with van der Waals surface area (Å²) in [6, 6.07) is 16.1. The molecule has 130 valence electrons. The van der Waals surface area contributed by atoms with E-state index in [0.717, 1.165) is 32.9 Å². The van der Waals surface area contributed by atoms with Crippen LogP contribution in [0.1, 0.15) is 27.9 Å². The van der Waals surface area contributed by atoms with E-state index in [9.17, 15) is 4.79 Å². The number of aryl methyl sites for hydroxylation is 2. The third-order valence-electron chi connectivity index (χ3n) is 4.11. The fraction of sp³-hybridized carbons (Fsp3) is 0.150. The first-order chi connectivity index (χ1) is 12.6. The number of carbonyl (C=O) groups excluding carboxylic acids is 1. The first-order valence-corrected chi connectivity index (χ1v) is 10.0. The van der Waals surface area contributed by atoms with Crippen molar-refractivity contribution in [3.05, 3.63) is 64.7 Å². The number of amides is 1. The number of carbonyl (C=O) groups is 1. The molecule has 4 rings (SSSR count). The van der Waals surface area contributed by atoms with Crippen LogP contribution in [0.4, 0.5) is 5.13 Å². The fourth-order valence-electron chi connectivity index (χ4n) is 2.71. The molecule has 0 atom stereocenters. The van der Waals surface area contributed by atoms with E-state index in [4.69, 9.17) is 0 Å². The number of benzene rings is 2. The Morgan fingerprint density at radius 1 is 1.08 bits per heavy atom. The van der Waals surface area contributed by atoms with Crippen molar-refractivity contribution < 1.29 is 4.79 Å². The number of nitrogens with zero attached hydrogens (tertiary/aromatic N) is 2. The summed E-state index contributed by atoms with van der Waals surface area (Å²) in [5, 5.41) is 4.40. The second kappa shape index (κ2) is 6.97. The predicted molar refractivity (Wildman–Crippen MR) is 109 cm³/mol. The highest BCUT2D eigenvalue weighted by atomic mass is 32.1. The number of aromatic nitrogens is 2. The molecule has 0 saturated carbocycles. The van der Waals surface area contributed by atoms with E-state index in [0.29, 0.717) is 10.0 Å². The standard InChI is InChI=1S/C20H17N3OS2/c1-3-13-9-10-15-16(11-13)25-20(22-15)23-18(24)17-12(2)21-19(26-17)14-7-5-4-6-8-14/h4-11H,3H2,1-2H3,(H,22,23,24). The molecule has 26 heavy (non-hydrogen) atoms. The first-order valence-electron chi connectivity index (χ1n) is 8.37. The van der Waals surface area contributed by atoms with Crippen molar-refractivity contribution in [2.24, 2.45) is 0 Å². The van der Waals surface area contributed by atoms with Gasteiger partial charge in [-0.05, 0) is 31.0 Å². The molecule has 0 fully saturated rings. The van der Waals surface area contributed by atoms with Crippen molar-refractivity contribution in [1.29, 1.82) is 0 Å². The number of rotatable bonds is 4. The van der Waals surface area contributed by atoms with E-state index >= 15 is 0 Å². The molecule has 2 aromatic heterocycles. The van der Waals surface area contributed by atoms with Crippen molar-refractivity contribution >= 4 is 43.9 Å². The lowest BCUT2D eigenvalue weighted by Gasteiger charge is -1.98. The lowest BCUT2D eigenvalue weighted by molar-refractivity contribution is 0.103. The van der Waals surface area contributed by atoms with E-state index in [1.165, 1.54) is 28.2 Å². The van der Waals surface area contributed by atoms with Crippen LogP contribution in [0.2, 0.25) is 0 Å². The maximum absolute atomic E-state index is 12.7. The van der Waals surface area contributed by atoms with Gasteiger partial charge in [-0.2, -0.15) is 0 Å². The Kier molecular flexibility index (Phi) is 4.53. The third-order valence-corrected chi connectivity index (χ3v) is 6.24. The molecule has 4 aromatic rings. The minimum absolute atomic E-state index is 0.156. The van der Waals surface area contributed by atoms with Gasteiger partial charge in [0, 0.05) is 5.56 Å². The molecular formula is C20H17N3OS2. The Labute approximate surface area is 159 Å². The van der Waals surface area contributed by atoms with Gasteiger partial charge >= 0.3 is 0 Å². The van der Waals surface area contributed by atoms with Crippen LogP contribution in [0.5, 0.6) is 0 Å². The second-order valence-corrected chi connectivity index (χ2v) is 7.96. The number of fused-ring (bicyclic) bond motifs is 1. The Hall–Kier alpha value is -2.57. The molecule has 1 amide bonds. The topological polar surface area (TPSA) is 54.9 Å². The molecule has 6 heteroatoms.